The summed E-state index contributed by atoms with van der Waals surface area (Å²) in [6.07, 6.45) is 4.78. The monoisotopic (exact) mass is 333 g/mol. The summed E-state index contributed by atoms with van der Waals surface area (Å²) in [5.74, 6) is 0.378. The zero-order valence-electron chi connectivity index (χ0n) is 13.9. The van der Waals surface area contributed by atoms with Gasteiger partial charge in [0.2, 0.25) is 0 Å². The van der Waals surface area contributed by atoms with Crippen molar-refractivity contribution in [2.45, 2.75) is 20.0 Å². The van der Waals surface area contributed by atoms with Crippen LogP contribution < -0.4 is 10.6 Å². The Morgan fingerprint density at radius 1 is 1.00 bits per heavy atom. The van der Waals surface area contributed by atoms with Crippen LogP contribution >= 0.6 is 0 Å². The van der Waals surface area contributed by atoms with Gasteiger partial charge in [0.25, 0.3) is 5.91 Å². The molecule has 126 valence electrons. The van der Waals surface area contributed by atoms with Gasteiger partial charge in [-0.3, -0.25) is 9.78 Å². The lowest BCUT2D eigenvalue weighted by Crippen LogP contribution is -2.24. The maximum Gasteiger partial charge on any atom is 0.270 e. The molecule has 2 heterocycles. The summed E-state index contributed by atoms with van der Waals surface area (Å²) < 4.78 is 0. The summed E-state index contributed by atoms with van der Waals surface area (Å²) in [5, 5.41) is 6.06. The zero-order chi connectivity index (χ0) is 17.5. The molecule has 0 aliphatic rings. The van der Waals surface area contributed by atoms with E-state index < -0.39 is 0 Å². The van der Waals surface area contributed by atoms with Crippen LogP contribution in [-0.2, 0) is 13.1 Å². The number of hydrogen-bond donors (Lipinski definition) is 2. The average Bonchev–Trinajstić information content (AvgIpc) is 2.65. The van der Waals surface area contributed by atoms with Crippen LogP contribution in [0.4, 0.5) is 5.82 Å². The van der Waals surface area contributed by atoms with Crippen LogP contribution in [0.3, 0.4) is 0 Å². The van der Waals surface area contributed by atoms with E-state index in [1.54, 1.807) is 18.5 Å². The molecule has 1 aromatic carbocycles. The topological polar surface area (TPSA) is 79.8 Å². The van der Waals surface area contributed by atoms with Crippen molar-refractivity contribution < 1.29 is 4.79 Å². The highest BCUT2D eigenvalue weighted by Crippen LogP contribution is 2.09. The third kappa shape index (κ3) is 4.84. The number of nitrogens with zero attached hydrogens (tertiary/aromatic N) is 3. The summed E-state index contributed by atoms with van der Waals surface area (Å²) in [4.78, 5) is 24.4. The number of amides is 1. The highest BCUT2D eigenvalue weighted by atomic mass is 16.1. The van der Waals surface area contributed by atoms with Gasteiger partial charge in [-0.1, -0.05) is 29.8 Å². The van der Waals surface area contributed by atoms with Crippen LogP contribution in [0.1, 0.15) is 27.2 Å². The number of hydrogen-bond acceptors (Lipinski definition) is 5. The lowest BCUT2D eigenvalue weighted by molar-refractivity contribution is 0.0946. The van der Waals surface area contributed by atoms with Crippen molar-refractivity contribution in [1.82, 2.24) is 20.3 Å². The predicted molar refractivity (Wildman–Crippen MR) is 95.9 cm³/mol. The summed E-state index contributed by atoms with van der Waals surface area (Å²) in [6, 6.07) is 13.6. The third-order valence-electron chi connectivity index (χ3n) is 3.66. The molecular formula is C19H19N5O. The van der Waals surface area contributed by atoms with Gasteiger partial charge < -0.3 is 10.6 Å². The van der Waals surface area contributed by atoms with Gasteiger partial charge in [0.1, 0.15) is 17.8 Å². The molecule has 0 saturated carbocycles. The van der Waals surface area contributed by atoms with E-state index in [1.165, 1.54) is 11.9 Å². The number of benzene rings is 1. The number of nitrogens with one attached hydrogen (secondary N) is 2. The number of carbonyl (C=O) groups is 1. The van der Waals surface area contributed by atoms with E-state index in [9.17, 15) is 4.79 Å². The molecule has 0 aliphatic heterocycles. The molecule has 2 aromatic heterocycles. The van der Waals surface area contributed by atoms with Crippen molar-refractivity contribution in [2.75, 3.05) is 5.32 Å². The fourth-order valence-corrected chi connectivity index (χ4v) is 2.37. The van der Waals surface area contributed by atoms with Crippen LogP contribution in [0, 0.1) is 6.92 Å². The fraction of sp³-hybridized carbons (Fsp3) is 0.158. The molecule has 0 spiro atoms. The molecule has 0 fully saturated rings. The molecule has 3 aromatic rings. The van der Waals surface area contributed by atoms with Gasteiger partial charge >= 0.3 is 0 Å². The normalized spacial score (nSPS) is 10.3. The fourth-order valence-electron chi connectivity index (χ4n) is 2.37. The second-order valence-corrected chi connectivity index (χ2v) is 5.67. The molecule has 0 aliphatic carbocycles. The molecule has 1 amide bonds. The molecule has 0 atom stereocenters. The Labute approximate surface area is 146 Å². The summed E-state index contributed by atoms with van der Waals surface area (Å²) in [6.45, 7) is 3.12. The molecular weight excluding hydrogens is 314 g/mol. The first-order chi connectivity index (χ1) is 12.2. The minimum atomic E-state index is -0.238. The van der Waals surface area contributed by atoms with Crippen LogP contribution in [0.2, 0.25) is 0 Å². The molecule has 0 bridgehead atoms. The molecule has 0 radical (unpaired) electrons. The van der Waals surface area contributed by atoms with Crippen LogP contribution in [0.15, 0.2) is 61.2 Å². The first-order valence-electron chi connectivity index (χ1n) is 7.99. The minimum absolute atomic E-state index is 0.238. The van der Waals surface area contributed by atoms with E-state index in [0.717, 1.165) is 11.1 Å². The predicted octanol–water partition coefficient (Wildman–Crippen LogP) is 2.72. The largest absolute Gasteiger partial charge is 0.366 e. The molecule has 3 rings (SSSR count). The van der Waals surface area contributed by atoms with Crippen molar-refractivity contribution in [3.05, 3.63) is 83.6 Å². The Bertz CT molecular complexity index is 851. The summed E-state index contributed by atoms with van der Waals surface area (Å²) >= 11 is 0. The highest BCUT2D eigenvalue weighted by Gasteiger charge is 2.08. The number of aryl methyl sites for hydroxylation is 1. The first kappa shape index (κ1) is 16.6. The number of aromatic nitrogens is 3. The first-order valence-corrected chi connectivity index (χ1v) is 7.99. The van der Waals surface area contributed by atoms with E-state index in [2.05, 4.69) is 44.6 Å². The minimum Gasteiger partial charge on any atom is -0.366 e. The number of anilines is 1. The lowest BCUT2D eigenvalue weighted by atomic mass is 10.1. The molecule has 0 saturated heterocycles. The van der Waals surface area contributed by atoms with Crippen LogP contribution in [-0.4, -0.2) is 20.9 Å². The van der Waals surface area contributed by atoms with E-state index >= 15 is 0 Å². The Kier molecular flexibility index (Phi) is 5.31. The van der Waals surface area contributed by atoms with Crippen molar-refractivity contribution in [1.29, 1.82) is 0 Å². The Morgan fingerprint density at radius 2 is 1.84 bits per heavy atom. The summed E-state index contributed by atoms with van der Waals surface area (Å²) in [5.41, 5.74) is 3.67. The maximum atomic E-state index is 12.2. The van der Waals surface area contributed by atoms with Gasteiger partial charge in [0.05, 0.1) is 0 Å². The smallest absolute Gasteiger partial charge is 0.270 e. The van der Waals surface area contributed by atoms with Crippen molar-refractivity contribution in [3.63, 3.8) is 0 Å². The molecule has 0 unspecified atom stereocenters. The van der Waals surface area contributed by atoms with Crippen LogP contribution in [0.5, 0.6) is 0 Å². The quantitative estimate of drug-likeness (QED) is 0.725. The summed E-state index contributed by atoms with van der Waals surface area (Å²) in [7, 11) is 0. The SMILES string of the molecule is Cc1cccc(CNc2cc(C(=O)NCc3ccncc3)ncn2)c1. The van der Waals surface area contributed by atoms with Gasteiger partial charge in [-0.15, -0.1) is 0 Å². The van der Waals surface area contributed by atoms with Gasteiger partial charge in [-0.2, -0.15) is 0 Å². The van der Waals surface area contributed by atoms with E-state index in [1.807, 2.05) is 24.3 Å². The number of rotatable bonds is 6. The standard InChI is InChI=1S/C19H19N5O/c1-14-3-2-4-16(9-14)12-21-18-10-17(23-13-24-18)19(25)22-11-15-5-7-20-8-6-15/h2-10,13H,11-12H2,1H3,(H,22,25)(H,21,23,24). The van der Waals surface area contributed by atoms with E-state index in [4.69, 9.17) is 0 Å². The van der Waals surface area contributed by atoms with Gasteiger partial charge in [-0.25, -0.2) is 9.97 Å². The third-order valence-corrected chi connectivity index (χ3v) is 3.66. The average molecular weight is 333 g/mol. The second-order valence-electron chi connectivity index (χ2n) is 5.67. The zero-order valence-corrected chi connectivity index (χ0v) is 13.9. The van der Waals surface area contributed by atoms with E-state index in [-0.39, 0.29) is 5.91 Å². The number of carbonyl (C=O) groups excluding carboxylic acids is 1. The number of pyridine rings is 1. The highest BCUT2D eigenvalue weighted by molar-refractivity contribution is 5.92. The van der Waals surface area contributed by atoms with Crippen molar-refractivity contribution >= 4 is 11.7 Å². The van der Waals surface area contributed by atoms with Gasteiger partial charge in [-0.05, 0) is 30.2 Å². The van der Waals surface area contributed by atoms with Gasteiger partial charge in [0.15, 0.2) is 0 Å². The second kappa shape index (κ2) is 8.01. The Morgan fingerprint density at radius 3 is 2.64 bits per heavy atom. The van der Waals surface area contributed by atoms with Gasteiger partial charge in [0, 0.05) is 31.5 Å². The molecule has 25 heavy (non-hydrogen) atoms. The van der Waals surface area contributed by atoms with Crippen molar-refractivity contribution in [3.8, 4) is 0 Å². The van der Waals surface area contributed by atoms with E-state index in [0.29, 0.717) is 24.6 Å². The molecule has 6 heteroatoms. The maximum absolute atomic E-state index is 12.2. The lowest BCUT2D eigenvalue weighted by Gasteiger charge is -2.08. The Balaban J connectivity index is 1.59. The molecule has 6 nitrogen and oxygen atoms in total. The van der Waals surface area contributed by atoms with Crippen molar-refractivity contribution in [2.24, 2.45) is 0 Å². The van der Waals surface area contributed by atoms with Crippen LogP contribution in [0.25, 0.3) is 0 Å². The molecule has 2 N–H and O–H groups in total. The Hall–Kier alpha value is -3.28.